The van der Waals surface area contributed by atoms with Crippen LogP contribution >= 0.6 is 0 Å². The van der Waals surface area contributed by atoms with E-state index >= 15 is 0 Å². The lowest BCUT2D eigenvalue weighted by atomic mass is 9.77. The Morgan fingerprint density at radius 2 is 1.70 bits per heavy atom. The quantitative estimate of drug-likeness (QED) is 0.828. The SMILES string of the molecule is CN(C[C@@H]1N[C@H](CO)[C@@H]1c1ccc(-c2ccccc2)cc1)C(=O)C1CCC1. The number of nitrogens with one attached hydrogen (secondary N) is 1. The molecule has 2 fully saturated rings. The largest absolute Gasteiger partial charge is 0.395 e. The summed E-state index contributed by atoms with van der Waals surface area (Å²) in [6, 6.07) is 19.2. The highest BCUT2D eigenvalue weighted by atomic mass is 16.3. The molecule has 2 N–H and O–H groups in total. The van der Waals surface area contributed by atoms with Gasteiger partial charge in [-0.1, -0.05) is 61.0 Å². The minimum absolute atomic E-state index is 0.0600. The summed E-state index contributed by atoms with van der Waals surface area (Å²) < 4.78 is 0. The number of hydrogen-bond donors (Lipinski definition) is 2. The second-order valence-electron chi connectivity index (χ2n) is 7.92. The van der Waals surface area contributed by atoms with Gasteiger partial charge in [-0.2, -0.15) is 0 Å². The third-order valence-corrected chi connectivity index (χ3v) is 6.20. The molecule has 2 aromatic rings. The molecule has 4 nitrogen and oxygen atoms in total. The highest BCUT2D eigenvalue weighted by Gasteiger charge is 2.42. The molecule has 2 aliphatic rings. The Balaban J connectivity index is 1.45. The van der Waals surface area contributed by atoms with Gasteiger partial charge in [0.15, 0.2) is 0 Å². The summed E-state index contributed by atoms with van der Waals surface area (Å²) in [5, 5.41) is 13.1. The number of amides is 1. The van der Waals surface area contributed by atoms with Crippen molar-refractivity contribution in [1.82, 2.24) is 10.2 Å². The fourth-order valence-electron chi connectivity index (χ4n) is 4.32. The molecule has 0 spiro atoms. The summed E-state index contributed by atoms with van der Waals surface area (Å²) in [7, 11) is 1.91. The van der Waals surface area contributed by atoms with E-state index < -0.39 is 0 Å². The molecule has 4 rings (SSSR count). The van der Waals surface area contributed by atoms with Crippen LogP contribution in [0.4, 0.5) is 0 Å². The van der Waals surface area contributed by atoms with E-state index in [0.29, 0.717) is 6.54 Å². The first-order valence-electron chi connectivity index (χ1n) is 9.94. The standard InChI is InChI=1S/C23H28N2O2/c1-25(23(27)19-8-5-9-19)14-20-22(21(15-26)24-20)18-12-10-17(11-13-18)16-6-3-2-4-7-16/h2-4,6-7,10-13,19-22,24,26H,5,8-9,14-15H2,1H3/t20-,21+,22+/m0/s1. The number of carbonyl (C=O) groups is 1. The van der Waals surface area contributed by atoms with Crippen LogP contribution in [0, 0.1) is 5.92 Å². The van der Waals surface area contributed by atoms with Gasteiger partial charge in [0.1, 0.15) is 0 Å². The number of aliphatic hydroxyl groups excluding tert-OH is 1. The summed E-state index contributed by atoms with van der Waals surface area (Å²) in [4.78, 5) is 14.3. The lowest BCUT2D eigenvalue weighted by molar-refractivity contribution is -0.137. The second kappa shape index (κ2) is 7.83. The van der Waals surface area contributed by atoms with E-state index in [1.807, 2.05) is 30.1 Å². The van der Waals surface area contributed by atoms with Gasteiger partial charge in [0.05, 0.1) is 6.61 Å². The summed E-state index contributed by atoms with van der Waals surface area (Å²) in [5.41, 5.74) is 3.62. The minimum atomic E-state index is 0.0600. The predicted molar refractivity (Wildman–Crippen MR) is 107 cm³/mol. The van der Waals surface area contributed by atoms with Crippen LogP contribution in [0.2, 0.25) is 0 Å². The summed E-state index contributed by atoms with van der Waals surface area (Å²) >= 11 is 0. The number of hydrogen-bond acceptors (Lipinski definition) is 3. The fraction of sp³-hybridized carbons (Fsp3) is 0.435. The van der Waals surface area contributed by atoms with E-state index in [0.717, 1.165) is 12.8 Å². The van der Waals surface area contributed by atoms with Crippen LogP contribution in [0.15, 0.2) is 54.6 Å². The maximum Gasteiger partial charge on any atom is 0.225 e. The molecule has 1 amide bonds. The maximum absolute atomic E-state index is 12.4. The van der Waals surface area contributed by atoms with E-state index in [1.165, 1.54) is 23.1 Å². The molecular formula is C23H28N2O2. The monoisotopic (exact) mass is 364 g/mol. The van der Waals surface area contributed by atoms with Gasteiger partial charge in [0.25, 0.3) is 0 Å². The van der Waals surface area contributed by atoms with Gasteiger partial charge in [-0.05, 0) is 29.5 Å². The number of likely N-dealkylation sites (N-methyl/N-ethyl adjacent to an activating group) is 1. The molecule has 1 saturated carbocycles. The zero-order valence-corrected chi connectivity index (χ0v) is 15.8. The topological polar surface area (TPSA) is 52.6 Å². The van der Waals surface area contributed by atoms with E-state index in [1.54, 1.807) is 0 Å². The second-order valence-corrected chi connectivity index (χ2v) is 7.92. The van der Waals surface area contributed by atoms with Crippen molar-refractivity contribution >= 4 is 5.91 Å². The Morgan fingerprint density at radius 3 is 2.30 bits per heavy atom. The van der Waals surface area contributed by atoms with Crippen LogP contribution in [0.25, 0.3) is 11.1 Å². The molecule has 0 bridgehead atoms. The van der Waals surface area contributed by atoms with Crippen molar-refractivity contribution in [3.8, 4) is 11.1 Å². The summed E-state index contributed by atoms with van der Waals surface area (Å²) in [6.07, 6.45) is 3.24. The van der Waals surface area contributed by atoms with Crippen LogP contribution in [0.5, 0.6) is 0 Å². The van der Waals surface area contributed by atoms with Crippen molar-refractivity contribution in [2.24, 2.45) is 5.92 Å². The van der Waals surface area contributed by atoms with Crippen molar-refractivity contribution in [3.05, 3.63) is 60.2 Å². The van der Waals surface area contributed by atoms with Crippen molar-refractivity contribution in [3.63, 3.8) is 0 Å². The first-order valence-corrected chi connectivity index (χ1v) is 9.94. The highest BCUT2D eigenvalue weighted by molar-refractivity contribution is 5.79. The van der Waals surface area contributed by atoms with E-state index in [2.05, 4.69) is 41.7 Å². The van der Waals surface area contributed by atoms with Crippen molar-refractivity contribution < 1.29 is 9.90 Å². The average Bonchev–Trinajstić information content (AvgIpc) is 2.64. The first-order chi connectivity index (χ1) is 13.2. The number of benzene rings is 2. The Hall–Kier alpha value is -2.17. The first kappa shape index (κ1) is 18.2. The molecule has 1 aliphatic heterocycles. The number of rotatable bonds is 6. The molecule has 27 heavy (non-hydrogen) atoms. The molecule has 1 saturated heterocycles. The molecule has 2 aromatic carbocycles. The van der Waals surface area contributed by atoms with Crippen LogP contribution in [-0.4, -0.2) is 48.2 Å². The van der Waals surface area contributed by atoms with Gasteiger partial charge in [0, 0.05) is 37.5 Å². The van der Waals surface area contributed by atoms with Crippen molar-refractivity contribution in [1.29, 1.82) is 0 Å². The third kappa shape index (κ3) is 3.64. The summed E-state index contributed by atoms with van der Waals surface area (Å²) in [5.74, 6) is 0.734. The average molecular weight is 364 g/mol. The lowest BCUT2D eigenvalue weighted by Gasteiger charge is -2.47. The Morgan fingerprint density at radius 1 is 1.04 bits per heavy atom. The minimum Gasteiger partial charge on any atom is -0.395 e. The van der Waals surface area contributed by atoms with Gasteiger partial charge in [-0.15, -0.1) is 0 Å². The van der Waals surface area contributed by atoms with Crippen LogP contribution in [-0.2, 0) is 4.79 Å². The van der Waals surface area contributed by atoms with E-state index in [9.17, 15) is 9.90 Å². The summed E-state index contributed by atoms with van der Waals surface area (Å²) in [6.45, 7) is 0.804. The zero-order chi connectivity index (χ0) is 18.8. The molecule has 0 unspecified atom stereocenters. The van der Waals surface area contributed by atoms with Gasteiger partial charge in [-0.25, -0.2) is 0 Å². The highest BCUT2D eigenvalue weighted by Crippen LogP contribution is 2.34. The number of carbonyl (C=O) groups excluding carboxylic acids is 1. The van der Waals surface area contributed by atoms with E-state index in [4.69, 9.17) is 0 Å². The molecule has 4 heteroatoms. The lowest BCUT2D eigenvalue weighted by Crippen LogP contribution is -2.65. The number of nitrogens with zero attached hydrogens (tertiary/aromatic N) is 1. The Kier molecular flexibility index (Phi) is 5.28. The smallest absolute Gasteiger partial charge is 0.225 e. The van der Waals surface area contributed by atoms with Crippen LogP contribution in [0.3, 0.4) is 0 Å². The van der Waals surface area contributed by atoms with E-state index in [-0.39, 0.29) is 36.4 Å². The molecule has 0 radical (unpaired) electrons. The van der Waals surface area contributed by atoms with Crippen molar-refractivity contribution in [2.45, 2.75) is 37.3 Å². The fourth-order valence-corrected chi connectivity index (χ4v) is 4.32. The van der Waals surface area contributed by atoms with Gasteiger partial charge in [0.2, 0.25) is 5.91 Å². The molecule has 0 aromatic heterocycles. The zero-order valence-electron chi connectivity index (χ0n) is 15.8. The van der Waals surface area contributed by atoms with Gasteiger partial charge in [-0.3, -0.25) is 4.79 Å². The Labute approximate surface area is 161 Å². The molecular weight excluding hydrogens is 336 g/mol. The molecule has 3 atom stereocenters. The van der Waals surface area contributed by atoms with Crippen molar-refractivity contribution in [2.75, 3.05) is 20.2 Å². The normalized spacial score (nSPS) is 24.7. The number of aliphatic hydroxyl groups is 1. The Bertz CT molecular complexity index is 771. The van der Waals surface area contributed by atoms with Crippen LogP contribution in [0.1, 0.15) is 30.7 Å². The molecule has 1 aliphatic carbocycles. The molecule has 1 heterocycles. The third-order valence-electron chi connectivity index (χ3n) is 6.20. The maximum atomic E-state index is 12.4. The van der Waals surface area contributed by atoms with Crippen LogP contribution < -0.4 is 5.32 Å². The van der Waals surface area contributed by atoms with Gasteiger partial charge < -0.3 is 15.3 Å². The predicted octanol–water partition coefficient (Wildman–Crippen LogP) is 3.03. The molecule has 142 valence electrons. The van der Waals surface area contributed by atoms with Gasteiger partial charge >= 0.3 is 0 Å².